The Bertz CT molecular complexity index is 599. The van der Waals surface area contributed by atoms with E-state index in [9.17, 15) is 0 Å². The van der Waals surface area contributed by atoms with E-state index in [0.717, 1.165) is 12.3 Å². The molecule has 0 saturated heterocycles. The molecule has 112 valence electrons. The molecule has 0 spiro atoms. The highest BCUT2D eigenvalue weighted by Crippen LogP contribution is 2.26. The van der Waals surface area contributed by atoms with Crippen molar-refractivity contribution in [1.29, 1.82) is 0 Å². The maximum absolute atomic E-state index is 5.47. The number of hydrogen-bond acceptors (Lipinski definition) is 2. The topological polar surface area (TPSA) is 21.3 Å². The summed E-state index contributed by atoms with van der Waals surface area (Å²) in [5, 5.41) is 3.59. The summed E-state index contributed by atoms with van der Waals surface area (Å²) in [6, 6.07) is 13.2. The van der Waals surface area contributed by atoms with Gasteiger partial charge in [0.25, 0.3) is 0 Å². The molecule has 2 aromatic rings. The van der Waals surface area contributed by atoms with Crippen molar-refractivity contribution < 1.29 is 4.74 Å². The van der Waals surface area contributed by atoms with Gasteiger partial charge in [-0.1, -0.05) is 47.0 Å². The lowest BCUT2D eigenvalue weighted by Gasteiger charge is -2.18. The number of aryl methyl sites for hydroxylation is 3. The van der Waals surface area contributed by atoms with Crippen LogP contribution in [-0.4, -0.2) is 7.11 Å². The molecule has 2 nitrogen and oxygen atoms in total. The molecule has 1 atom stereocenters. The summed E-state index contributed by atoms with van der Waals surface area (Å²) in [5.41, 5.74) is 6.42. The van der Waals surface area contributed by atoms with Gasteiger partial charge in [-0.3, -0.25) is 0 Å². The molecule has 21 heavy (non-hydrogen) atoms. The van der Waals surface area contributed by atoms with Crippen LogP contribution in [0.25, 0.3) is 0 Å². The molecule has 0 aliphatic carbocycles. The maximum atomic E-state index is 5.47. The van der Waals surface area contributed by atoms with Gasteiger partial charge in [0.15, 0.2) is 0 Å². The number of nitrogens with one attached hydrogen (secondary N) is 1. The van der Waals surface area contributed by atoms with Crippen LogP contribution in [0.15, 0.2) is 36.4 Å². The molecule has 0 bridgehead atoms. The zero-order chi connectivity index (χ0) is 15.4. The summed E-state index contributed by atoms with van der Waals surface area (Å²) in [5.74, 6) is 0.945. The first-order valence-corrected chi connectivity index (χ1v) is 7.44. The first kappa shape index (κ1) is 15.6. The van der Waals surface area contributed by atoms with Crippen molar-refractivity contribution >= 4 is 0 Å². The molecule has 1 N–H and O–H groups in total. The number of hydrogen-bond donors (Lipinski definition) is 1. The van der Waals surface area contributed by atoms with E-state index >= 15 is 0 Å². The molecule has 2 rings (SSSR count). The maximum Gasteiger partial charge on any atom is 0.123 e. The van der Waals surface area contributed by atoms with Crippen LogP contribution >= 0.6 is 0 Å². The second kappa shape index (κ2) is 6.77. The van der Waals surface area contributed by atoms with Crippen molar-refractivity contribution in [1.82, 2.24) is 5.32 Å². The highest BCUT2D eigenvalue weighted by atomic mass is 16.5. The van der Waals surface area contributed by atoms with E-state index in [1.165, 1.54) is 27.8 Å². The van der Waals surface area contributed by atoms with Crippen LogP contribution in [0.5, 0.6) is 5.75 Å². The Hall–Kier alpha value is -1.80. The summed E-state index contributed by atoms with van der Waals surface area (Å²) in [4.78, 5) is 0. The molecule has 0 saturated carbocycles. The second-order valence-electron chi connectivity index (χ2n) is 5.84. The average Bonchev–Trinajstić information content (AvgIpc) is 2.43. The summed E-state index contributed by atoms with van der Waals surface area (Å²) in [7, 11) is 1.73. The highest BCUT2D eigenvalue weighted by Gasteiger charge is 2.11. The lowest BCUT2D eigenvalue weighted by atomic mass is 10.0. The van der Waals surface area contributed by atoms with Crippen molar-refractivity contribution in [2.75, 3.05) is 7.11 Å². The van der Waals surface area contributed by atoms with E-state index in [4.69, 9.17) is 4.74 Å². The number of methoxy groups -OCH3 is 1. The fraction of sp³-hybridized carbons (Fsp3) is 0.368. The quantitative estimate of drug-likeness (QED) is 0.874. The Morgan fingerprint density at radius 2 is 1.62 bits per heavy atom. The molecule has 0 radical (unpaired) electrons. The Labute approximate surface area is 128 Å². The molecule has 0 aliphatic rings. The van der Waals surface area contributed by atoms with Gasteiger partial charge in [-0.25, -0.2) is 0 Å². The third-order valence-corrected chi connectivity index (χ3v) is 3.75. The van der Waals surface area contributed by atoms with Crippen molar-refractivity contribution in [2.24, 2.45) is 0 Å². The normalized spacial score (nSPS) is 12.2. The van der Waals surface area contributed by atoms with Crippen LogP contribution in [0.2, 0.25) is 0 Å². The van der Waals surface area contributed by atoms with Gasteiger partial charge < -0.3 is 10.1 Å². The van der Waals surface area contributed by atoms with E-state index in [0.29, 0.717) is 0 Å². The number of rotatable bonds is 5. The first-order chi connectivity index (χ1) is 9.99. The van der Waals surface area contributed by atoms with Crippen LogP contribution in [0.1, 0.15) is 40.8 Å². The third kappa shape index (κ3) is 4.08. The van der Waals surface area contributed by atoms with E-state index < -0.39 is 0 Å². The predicted octanol–water partition coefficient (Wildman–Crippen LogP) is 4.47. The van der Waals surface area contributed by atoms with Crippen LogP contribution in [0, 0.1) is 20.8 Å². The standard InChI is InChI=1S/C19H25NO/c1-13-6-7-19(21-5)18(11-13)16(4)20-12-17-9-14(2)8-15(3)10-17/h6-11,16,20H,12H2,1-5H3. The van der Waals surface area contributed by atoms with E-state index in [1.807, 2.05) is 6.07 Å². The SMILES string of the molecule is COc1ccc(C)cc1C(C)NCc1cc(C)cc(C)c1. The monoisotopic (exact) mass is 283 g/mol. The fourth-order valence-electron chi connectivity index (χ4n) is 2.74. The van der Waals surface area contributed by atoms with Crippen LogP contribution in [0.3, 0.4) is 0 Å². The van der Waals surface area contributed by atoms with Gasteiger partial charge in [0.1, 0.15) is 5.75 Å². The van der Waals surface area contributed by atoms with Gasteiger partial charge >= 0.3 is 0 Å². The summed E-state index contributed by atoms with van der Waals surface area (Å²) in [6.07, 6.45) is 0. The first-order valence-electron chi connectivity index (χ1n) is 7.44. The lowest BCUT2D eigenvalue weighted by Crippen LogP contribution is -2.19. The van der Waals surface area contributed by atoms with E-state index in [2.05, 4.69) is 63.3 Å². The average molecular weight is 283 g/mol. The van der Waals surface area contributed by atoms with Crippen LogP contribution in [0.4, 0.5) is 0 Å². The van der Waals surface area contributed by atoms with E-state index in [-0.39, 0.29) is 6.04 Å². The minimum atomic E-state index is 0.251. The Balaban J connectivity index is 2.11. The zero-order valence-corrected chi connectivity index (χ0v) is 13.7. The van der Waals surface area contributed by atoms with Gasteiger partial charge in [-0.15, -0.1) is 0 Å². The Morgan fingerprint density at radius 1 is 0.952 bits per heavy atom. The molecule has 0 aromatic heterocycles. The Kier molecular flexibility index (Phi) is 5.03. The second-order valence-corrected chi connectivity index (χ2v) is 5.84. The largest absolute Gasteiger partial charge is 0.496 e. The molecule has 2 aromatic carbocycles. The van der Waals surface area contributed by atoms with E-state index in [1.54, 1.807) is 7.11 Å². The fourth-order valence-corrected chi connectivity index (χ4v) is 2.74. The lowest BCUT2D eigenvalue weighted by molar-refractivity contribution is 0.401. The van der Waals surface area contributed by atoms with Crippen molar-refractivity contribution in [3.8, 4) is 5.75 Å². The highest BCUT2D eigenvalue weighted by molar-refractivity contribution is 5.39. The molecular weight excluding hydrogens is 258 g/mol. The Morgan fingerprint density at radius 3 is 2.24 bits per heavy atom. The van der Waals surface area contributed by atoms with Crippen LogP contribution in [-0.2, 0) is 6.54 Å². The minimum Gasteiger partial charge on any atom is -0.496 e. The van der Waals surface area contributed by atoms with Gasteiger partial charge in [0.05, 0.1) is 7.11 Å². The molecule has 0 heterocycles. The molecular formula is C19H25NO. The van der Waals surface area contributed by atoms with Gasteiger partial charge in [0, 0.05) is 18.2 Å². The molecule has 2 heteroatoms. The van der Waals surface area contributed by atoms with Gasteiger partial charge in [0.2, 0.25) is 0 Å². The van der Waals surface area contributed by atoms with Crippen LogP contribution < -0.4 is 10.1 Å². The number of benzene rings is 2. The summed E-state index contributed by atoms with van der Waals surface area (Å²) in [6.45, 7) is 9.44. The third-order valence-electron chi connectivity index (χ3n) is 3.75. The smallest absolute Gasteiger partial charge is 0.123 e. The minimum absolute atomic E-state index is 0.251. The van der Waals surface area contributed by atoms with Crippen molar-refractivity contribution in [2.45, 2.75) is 40.3 Å². The van der Waals surface area contributed by atoms with Gasteiger partial charge in [-0.2, -0.15) is 0 Å². The zero-order valence-electron chi connectivity index (χ0n) is 13.7. The molecule has 0 aliphatic heterocycles. The molecule has 1 unspecified atom stereocenters. The number of ether oxygens (including phenoxy) is 1. The molecule has 0 amide bonds. The van der Waals surface area contributed by atoms with Crippen molar-refractivity contribution in [3.05, 3.63) is 64.2 Å². The van der Waals surface area contributed by atoms with Gasteiger partial charge in [-0.05, 0) is 39.3 Å². The summed E-state index contributed by atoms with van der Waals surface area (Å²) >= 11 is 0. The molecule has 0 fully saturated rings. The predicted molar refractivity (Wildman–Crippen MR) is 88.9 cm³/mol. The summed E-state index contributed by atoms with van der Waals surface area (Å²) < 4.78 is 5.47. The van der Waals surface area contributed by atoms with Crippen molar-refractivity contribution in [3.63, 3.8) is 0 Å².